The molecule has 0 bridgehead atoms. The largest absolute Gasteiger partial charge is 0.276 e. The molecule has 0 aromatic heterocycles. The highest BCUT2D eigenvalue weighted by Crippen LogP contribution is 2.15. The van der Waals surface area contributed by atoms with Crippen molar-refractivity contribution < 1.29 is 9.18 Å². The average molecular weight is 193 g/mol. The van der Waals surface area contributed by atoms with Gasteiger partial charge in [-0.1, -0.05) is 11.6 Å². The molecule has 0 aliphatic heterocycles. The maximum Gasteiger partial charge on any atom is 0.252 e. The minimum atomic E-state index is -0.716. The second-order valence-electron chi connectivity index (χ2n) is 1.93. The van der Waals surface area contributed by atoms with Gasteiger partial charge in [0.25, 0.3) is 5.24 Å². The third-order valence-corrected chi connectivity index (χ3v) is 1.53. The van der Waals surface area contributed by atoms with Gasteiger partial charge in [0, 0.05) is 10.6 Å². The van der Waals surface area contributed by atoms with Crippen LogP contribution in [0.4, 0.5) is 4.39 Å². The van der Waals surface area contributed by atoms with Gasteiger partial charge in [-0.3, -0.25) is 4.79 Å². The zero-order chi connectivity index (χ0) is 8.43. The highest BCUT2D eigenvalue weighted by Gasteiger charge is 2.04. The standard InChI is InChI=1S/C7H3Cl2FO/c8-5-1-4(7(9)11)2-6(10)3-5/h1-3H. The average Bonchev–Trinajstić information content (AvgIpc) is 1.85. The molecule has 0 aliphatic rings. The Labute approximate surface area is 72.7 Å². The monoisotopic (exact) mass is 192 g/mol. The number of carbonyl (C=O) groups excluding carboxylic acids is 1. The third kappa shape index (κ3) is 2.17. The van der Waals surface area contributed by atoms with E-state index >= 15 is 0 Å². The Hall–Kier alpha value is -0.600. The van der Waals surface area contributed by atoms with Crippen LogP contribution in [0.25, 0.3) is 0 Å². The van der Waals surface area contributed by atoms with Crippen LogP contribution in [0.2, 0.25) is 5.02 Å². The normalized spacial score (nSPS) is 9.73. The van der Waals surface area contributed by atoms with Gasteiger partial charge in [-0.25, -0.2) is 4.39 Å². The molecule has 1 rings (SSSR count). The number of carbonyl (C=O) groups is 1. The predicted molar refractivity (Wildman–Crippen MR) is 41.6 cm³/mol. The van der Waals surface area contributed by atoms with Crippen LogP contribution in [-0.2, 0) is 0 Å². The molecule has 0 saturated heterocycles. The molecular weight excluding hydrogens is 190 g/mol. The molecule has 58 valence electrons. The summed E-state index contributed by atoms with van der Waals surface area (Å²) in [5, 5.41) is -0.555. The van der Waals surface area contributed by atoms with Crippen molar-refractivity contribution in [2.24, 2.45) is 0 Å². The van der Waals surface area contributed by atoms with Gasteiger partial charge in [0.2, 0.25) is 0 Å². The van der Waals surface area contributed by atoms with Crippen molar-refractivity contribution in [3.05, 3.63) is 34.6 Å². The van der Waals surface area contributed by atoms with Crippen LogP contribution in [0.15, 0.2) is 18.2 Å². The zero-order valence-corrected chi connectivity index (χ0v) is 6.79. The van der Waals surface area contributed by atoms with Gasteiger partial charge >= 0.3 is 0 Å². The predicted octanol–water partition coefficient (Wildman–Crippen LogP) is 2.86. The van der Waals surface area contributed by atoms with E-state index in [1.165, 1.54) is 6.07 Å². The van der Waals surface area contributed by atoms with Crippen molar-refractivity contribution >= 4 is 28.4 Å². The summed E-state index contributed by atoms with van der Waals surface area (Å²) in [6, 6.07) is 3.44. The van der Waals surface area contributed by atoms with Crippen molar-refractivity contribution in [1.82, 2.24) is 0 Å². The minimum absolute atomic E-state index is 0.0664. The number of hydrogen-bond donors (Lipinski definition) is 0. The lowest BCUT2D eigenvalue weighted by atomic mass is 10.2. The number of hydrogen-bond acceptors (Lipinski definition) is 1. The van der Waals surface area contributed by atoms with Crippen LogP contribution in [0.3, 0.4) is 0 Å². The smallest absolute Gasteiger partial charge is 0.252 e. The first kappa shape index (κ1) is 8.50. The summed E-state index contributed by atoms with van der Waals surface area (Å²) in [5.41, 5.74) is 0.0664. The fourth-order valence-electron chi connectivity index (χ4n) is 0.667. The van der Waals surface area contributed by atoms with Crippen molar-refractivity contribution in [3.63, 3.8) is 0 Å². The molecular formula is C7H3Cl2FO. The fourth-order valence-corrected chi connectivity index (χ4v) is 0.998. The van der Waals surface area contributed by atoms with Gasteiger partial charge in [-0.05, 0) is 29.8 Å². The second kappa shape index (κ2) is 3.20. The van der Waals surface area contributed by atoms with Gasteiger partial charge in [0.1, 0.15) is 5.82 Å². The Morgan fingerprint density at radius 1 is 1.36 bits per heavy atom. The number of benzene rings is 1. The summed E-state index contributed by atoms with van der Waals surface area (Å²) >= 11 is 10.5. The summed E-state index contributed by atoms with van der Waals surface area (Å²) < 4.78 is 12.5. The lowest BCUT2D eigenvalue weighted by Gasteiger charge is -1.94. The Bertz CT molecular complexity index is 278. The van der Waals surface area contributed by atoms with E-state index in [9.17, 15) is 9.18 Å². The molecule has 0 N–H and O–H groups in total. The van der Waals surface area contributed by atoms with E-state index in [1.54, 1.807) is 0 Å². The van der Waals surface area contributed by atoms with Crippen LogP contribution in [0.1, 0.15) is 10.4 Å². The van der Waals surface area contributed by atoms with E-state index in [0.717, 1.165) is 12.1 Å². The van der Waals surface area contributed by atoms with Crippen molar-refractivity contribution in [2.75, 3.05) is 0 Å². The summed E-state index contributed by atoms with van der Waals surface area (Å²) in [6.45, 7) is 0. The lowest BCUT2D eigenvalue weighted by Crippen LogP contribution is -1.89. The van der Waals surface area contributed by atoms with E-state index in [-0.39, 0.29) is 10.6 Å². The molecule has 11 heavy (non-hydrogen) atoms. The molecule has 0 amide bonds. The number of halogens is 3. The van der Waals surface area contributed by atoms with Gasteiger partial charge in [-0.15, -0.1) is 0 Å². The van der Waals surface area contributed by atoms with E-state index < -0.39 is 11.1 Å². The van der Waals surface area contributed by atoms with Crippen LogP contribution < -0.4 is 0 Å². The third-order valence-electron chi connectivity index (χ3n) is 1.09. The molecule has 0 unspecified atom stereocenters. The molecule has 0 spiro atoms. The van der Waals surface area contributed by atoms with E-state index in [2.05, 4.69) is 0 Å². The molecule has 0 saturated carbocycles. The SMILES string of the molecule is O=C(Cl)c1cc(F)cc(Cl)c1. The summed E-state index contributed by atoms with van der Waals surface area (Å²) in [4.78, 5) is 10.5. The van der Waals surface area contributed by atoms with Crippen LogP contribution >= 0.6 is 23.2 Å². The van der Waals surface area contributed by atoms with Gasteiger partial charge in [0.15, 0.2) is 0 Å². The molecule has 1 nitrogen and oxygen atoms in total. The summed E-state index contributed by atoms with van der Waals surface area (Å²) in [7, 11) is 0. The maximum absolute atomic E-state index is 12.5. The van der Waals surface area contributed by atoms with Crippen LogP contribution in [-0.4, -0.2) is 5.24 Å². The first-order valence-electron chi connectivity index (χ1n) is 2.75. The van der Waals surface area contributed by atoms with Crippen LogP contribution in [0.5, 0.6) is 0 Å². The van der Waals surface area contributed by atoms with Crippen LogP contribution in [0, 0.1) is 5.82 Å². The molecule has 0 radical (unpaired) electrons. The molecule has 4 heteroatoms. The highest BCUT2D eigenvalue weighted by molar-refractivity contribution is 6.67. The molecule has 1 aromatic carbocycles. The van der Waals surface area contributed by atoms with Crippen molar-refractivity contribution in [3.8, 4) is 0 Å². The van der Waals surface area contributed by atoms with Crippen molar-refractivity contribution in [1.29, 1.82) is 0 Å². The molecule has 0 aliphatic carbocycles. The topological polar surface area (TPSA) is 17.1 Å². The Balaban J connectivity index is 3.19. The molecule has 1 aromatic rings. The highest BCUT2D eigenvalue weighted by atomic mass is 35.5. The first-order chi connectivity index (χ1) is 5.09. The zero-order valence-electron chi connectivity index (χ0n) is 5.27. The van der Waals surface area contributed by atoms with Gasteiger partial charge in [0.05, 0.1) is 0 Å². The molecule has 0 heterocycles. The first-order valence-corrected chi connectivity index (χ1v) is 3.51. The second-order valence-corrected chi connectivity index (χ2v) is 2.71. The maximum atomic E-state index is 12.5. The summed E-state index contributed by atoms with van der Waals surface area (Å²) in [5.74, 6) is -0.568. The molecule has 0 fully saturated rings. The summed E-state index contributed by atoms with van der Waals surface area (Å²) in [6.07, 6.45) is 0. The van der Waals surface area contributed by atoms with E-state index in [1.807, 2.05) is 0 Å². The Morgan fingerprint density at radius 2 is 2.00 bits per heavy atom. The quantitative estimate of drug-likeness (QED) is 0.626. The Kier molecular flexibility index (Phi) is 2.47. The van der Waals surface area contributed by atoms with Crippen molar-refractivity contribution in [2.45, 2.75) is 0 Å². The van der Waals surface area contributed by atoms with E-state index in [0.29, 0.717) is 0 Å². The van der Waals surface area contributed by atoms with E-state index in [4.69, 9.17) is 23.2 Å². The van der Waals surface area contributed by atoms with Gasteiger partial charge in [-0.2, -0.15) is 0 Å². The Morgan fingerprint density at radius 3 is 2.45 bits per heavy atom. The molecule has 0 atom stereocenters. The number of rotatable bonds is 1. The fraction of sp³-hybridized carbons (Fsp3) is 0. The van der Waals surface area contributed by atoms with Gasteiger partial charge < -0.3 is 0 Å². The minimum Gasteiger partial charge on any atom is -0.276 e. The lowest BCUT2D eigenvalue weighted by molar-refractivity contribution is 0.108.